The monoisotopic (exact) mass is 252 g/mol. The van der Waals surface area contributed by atoms with E-state index < -0.39 is 5.54 Å². The molecule has 0 aliphatic rings. The van der Waals surface area contributed by atoms with Crippen LogP contribution in [-0.4, -0.2) is 17.7 Å². The van der Waals surface area contributed by atoms with Gasteiger partial charge in [-0.05, 0) is 37.3 Å². The van der Waals surface area contributed by atoms with Gasteiger partial charge < -0.3 is 11.1 Å². The van der Waals surface area contributed by atoms with Crippen molar-refractivity contribution in [3.63, 3.8) is 0 Å². The smallest absolute Gasteiger partial charge is 0.244 e. The zero-order chi connectivity index (χ0) is 12.9. The molecule has 0 fully saturated rings. The highest BCUT2D eigenvalue weighted by molar-refractivity contribution is 7.98. The molecule has 0 aliphatic heterocycles. The van der Waals surface area contributed by atoms with Crippen molar-refractivity contribution in [3.05, 3.63) is 24.3 Å². The van der Waals surface area contributed by atoms with Crippen molar-refractivity contribution < 1.29 is 4.79 Å². The molecule has 1 rings (SSSR count). The molecule has 1 amide bonds. The molecule has 0 bridgehead atoms. The van der Waals surface area contributed by atoms with E-state index in [1.54, 1.807) is 11.8 Å². The van der Waals surface area contributed by atoms with Crippen LogP contribution in [0, 0.1) is 0 Å². The Morgan fingerprint density at radius 2 is 2.06 bits per heavy atom. The second kappa shape index (κ2) is 6.07. The van der Waals surface area contributed by atoms with Gasteiger partial charge >= 0.3 is 0 Å². The van der Waals surface area contributed by atoms with Gasteiger partial charge in [0.15, 0.2) is 0 Å². The van der Waals surface area contributed by atoms with Crippen LogP contribution in [0.25, 0.3) is 0 Å². The lowest BCUT2D eigenvalue weighted by atomic mass is 9.93. The Bertz CT molecular complexity index is 389. The molecule has 0 saturated carbocycles. The van der Waals surface area contributed by atoms with Crippen LogP contribution in [0.1, 0.15) is 26.7 Å². The fraction of sp³-hybridized carbons (Fsp3) is 0.462. The summed E-state index contributed by atoms with van der Waals surface area (Å²) in [6.07, 6.45) is 3.28. The molecule has 94 valence electrons. The average molecular weight is 252 g/mol. The Hall–Kier alpha value is -1.00. The summed E-state index contributed by atoms with van der Waals surface area (Å²) in [5.41, 5.74) is 6.08. The van der Waals surface area contributed by atoms with Crippen molar-refractivity contribution >= 4 is 23.4 Å². The lowest BCUT2D eigenvalue weighted by molar-refractivity contribution is -0.121. The largest absolute Gasteiger partial charge is 0.324 e. The first-order chi connectivity index (χ1) is 8.05. The maximum absolute atomic E-state index is 12.1. The highest BCUT2D eigenvalue weighted by Gasteiger charge is 2.29. The third kappa shape index (κ3) is 3.48. The van der Waals surface area contributed by atoms with Crippen LogP contribution in [0.5, 0.6) is 0 Å². The number of hydrogen-bond donors (Lipinski definition) is 2. The van der Waals surface area contributed by atoms with Crippen LogP contribution >= 0.6 is 11.8 Å². The number of benzene rings is 1. The number of carbonyl (C=O) groups is 1. The summed E-state index contributed by atoms with van der Waals surface area (Å²) >= 11 is 1.65. The van der Waals surface area contributed by atoms with Gasteiger partial charge in [-0.25, -0.2) is 0 Å². The summed E-state index contributed by atoms with van der Waals surface area (Å²) in [5, 5.41) is 2.88. The molecule has 1 aromatic carbocycles. The minimum absolute atomic E-state index is 0.110. The van der Waals surface area contributed by atoms with E-state index in [4.69, 9.17) is 5.73 Å². The number of thioether (sulfide) groups is 1. The van der Waals surface area contributed by atoms with Crippen LogP contribution in [0.4, 0.5) is 5.69 Å². The van der Waals surface area contributed by atoms with E-state index in [0.29, 0.717) is 12.8 Å². The van der Waals surface area contributed by atoms with Crippen LogP contribution in [0.2, 0.25) is 0 Å². The number of hydrogen-bond acceptors (Lipinski definition) is 3. The number of nitrogens with one attached hydrogen (secondary N) is 1. The van der Waals surface area contributed by atoms with E-state index in [9.17, 15) is 4.79 Å². The molecule has 4 heteroatoms. The molecule has 0 unspecified atom stereocenters. The predicted octanol–water partition coefficient (Wildman–Crippen LogP) is 2.86. The van der Waals surface area contributed by atoms with Gasteiger partial charge in [-0.3, -0.25) is 4.79 Å². The van der Waals surface area contributed by atoms with E-state index in [1.807, 2.05) is 44.4 Å². The second-order valence-electron chi connectivity index (χ2n) is 4.05. The SMILES string of the molecule is CCC(N)(CC)C(=O)Nc1cccc(SC)c1. The van der Waals surface area contributed by atoms with E-state index >= 15 is 0 Å². The van der Waals surface area contributed by atoms with Crippen molar-refractivity contribution in [2.45, 2.75) is 37.1 Å². The fourth-order valence-corrected chi connectivity index (χ4v) is 1.99. The van der Waals surface area contributed by atoms with Crippen LogP contribution in [0.15, 0.2) is 29.2 Å². The van der Waals surface area contributed by atoms with Gasteiger partial charge in [0, 0.05) is 10.6 Å². The Balaban J connectivity index is 2.80. The molecule has 0 heterocycles. The second-order valence-corrected chi connectivity index (χ2v) is 4.93. The summed E-state index contributed by atoms with van der Waals surface area (Å²) in [6, 6.07) is 7.77. The van der Waals surface area contributed by atoms with Crippen molar-refractivity contribution in [2.75, 3.05) is 11.6 Å². The van der Waals surface area contributed by atoms with Crippen LogP contribution < -0.4 is 11.1 Å². The van der Waals surface area contributed by atoms with E-state index in [2.05, 4.69) is 5.32 Å². The predicted molar refractivity (Wildman–Crippen MR) is 74.4 cm³/mol. The molecule has 3 nitrogen and oxygen atoms in total. The standard InChI is InChI=1S/C13H20N2OS/c1-4-13(14,5-2)12(16)15-10-7-6-8-11(9-10)17-3/h6-9H,4-5,14H2,1-3H3,(H,15,16). The van der Waals surface area contributed by atoms with Gasteiger partial charge in [-0.1, -0.05) is 19.9 Å². The van der Waals surface area contributed by atoms with Crippen molar-refractivity contribution in [2.24, 2.45) is 5.73 Å². The quantitative estimate of drug-likeness (QED) is 0.792. The Kier molecular flexibility index (Phi) is 5.02. The van der Waals surface area contributed by atoms with Crippen molar-refractivity contribution in [1.29, 1.82) is 0 Å². The zero-order valence-corrected chi connectivity index (χ0v) is 11.4. The minimum Gasteiger partial charge on any atom is -0.324 e. The first kappa shape index (κ1) is 14.1. The van der Waals surface area contributed by atoms with Gasteiger partial charge in [0.2, 0.25) is 5.91 Å². The van der Waals surface area contributed by atoms with Gasteiger partial charge in [-0.2, -0.15) is 0 Å². The molecule has 1 aromatic rings. The third-order valence-electron chi connectivity index (χ3n) is 3.04. The normalized spacial score (nSPS) is 11.3. The van der Waals surface area contributed by atoms with Crippen LogP contribution in [0.3, 0.4) is 0 Å². The first-order valence-corrected chi connectivity index (χ1v) is 7.02. The maximum Gasteiger partial charge on any atom is 0.244 e. The van der Waals surface area contributed by atoms with Crippen molar-refractivity contribution in [3.8, 4) is 0 Å². The highest BCUT2D eigenvalue weighted by Crippen LogP contribution is 2.21. The molecule has 3 N–H and O–H groups in total. The summed E-state index contributed by atoms with van der Waals surface area (Å²) in [5.74, 6) is -0.110. The Labute approximate surface area is 107 Å². The molecule has 0 radical (unpaired) electrons. The van der Waals surface area contributed by atoms with E-state index in [1.165, 1.54) is 0 Å². The molecule has 0 saturated heterocycles. The molecule has 0 aliphatic carbocycles. The molecular formula is C13H20N2OS. The van der Waals surface area contributed by atoms with Gasteiger partial charge in [0.05, 0.1) is 5.54 Å². The number of amides is 1. The lowest BCUT2D eigenvalue weighted by Crippen LogP contribution is -2.50. The minimum atomic E-state index is -0.768. The van der Waals surface area contributed by atoms with Gasteiger partial charge in [0.1, 0.15) is 0 Å². The molecule has 0 spiro atoms. The summed E-state index contributed by atoms with van der Waals surface area (Å²) in [6.45, 7) is 3.86. The molecule has 0 atom stereocenters. The Morgan fingerprint density at radius 1 is 1.41 bits per heavy atom. The van der Waals surface area contributed by atoms with Crippen molar-refractivity contribution in [1.82, 2.24) is 0 Å². The molecular weight excluding hydrogens is 232 g/mol. The van der Waals surface area contributed by atoms with Crippen LogP contribution in [-0.2, 0) is 4.79 Å². The number of rotatable bonds is 5. The topological polar surface area (TPSA) is 55.1 Å². The average Bonchev–Trinajstić information content (AvgIpc) is 2.37. The van der Waals surface area contributed by atoms with Gasteiger partial charge in [0.25, 0.3) is 0 Å². The number of nitrogens with two attached hydrogens (primary N) is 1. The summed E-state index contributed by atoms with van der Waals surface area (Å²) < 4.78 is 0. The summed E-state index contributed by atoms with van der Waals surface area (Å²) in [7, 11) is 0. The van der Waals surface area contributed by atoms with E-state index in [-0.39, 0.29) is 5.91 Å². The molecule has 17 heavy (non-hydrogen) atoms. The fourth-order valence-electron chi connectivity index (χ4n) is 1.53. The zero-order valence-electron chi connectivity index (χ0n) is 10.6. The maximum atomic E-state index is 12.1. The highest BCUT2D eigenvalue weighted by atomic mass is 32.2. The number of anilines is 1. The van der Waals surface area contributed by atoms with E-state index in [0.717, 1.165) is 10.6 Å². The summed E-state index contributed by atoms with van der Waals surface area (Å²) in [4.78, 5) is 13.2. The molecule has 0 aromatic heterocycles. The first-order valence-electron chi connectivity index (χ1n) is 5.80. The van der Waals surface area contributed by atoms with Gasteiger partial charge in [-0.15, -0.1) is 11.8 Å². The number of carbonyl (C=O) groups excluding carboxylic acids is 1. The lowest BCUT2D eigenvalue weighted by Gasteiger charge is -2.25. The Morgan fingerprint density at radius 3 is 2.59 bits per heavy atom. The third-order valence-corrected chi connectivity index (χ3v) is 3.77.